The molecule has 19 heavy (non-hydrogen) atoms. The van der Waals surface area contributed by atoms with Crippen molar-refractivity contribution in [2.45, 2.75) is 19.3 Å². The van der Waals surface area contributed by atoms with E-state index in [0.29, 0.717) is 17.6 Å². The second-order valence-corrected chi connectivity index (χ2v) is 4.95. The fraction of sp³-hybridized carbons (Fsp3) is 0.385. The van der Waals surface area contributed by atoms with Gasteiger partial charge in [0.25, 0.3) is 0 Å². The Bertz CT molecular complexity index is 654. The van der Waals surface area contributed by atoms with E-state index in [2.05, 4.69) is 15.0 Å². The maximum atomic E-state index is 11.1. The second kappa shape index (κ2) is 4.79. The maximum absolute atomic E-state index is 11.1. The van der Waals surface area contributed by atoms with Crippen LogP contribution in [0.2, 0.25) is 0 Å². The van der Waals surface area contributed by atoms with Gasteiger partial charge in [-0.25, -0.2) is 9.59 Å². The van der Waals surface area contributed by atoms with Crippen LogP contribution in [0.25, 0.3) is 11.1 Å². The summed E-state index contributed by atoms with van der Waals surface area (Å²) in [6.07, 6.45) is -0.470. The quantitative estimate of drug-likeness (QED) is 0.884. The minimum absolute atomic E-state index is 0.307. The van der Waals surface area contributed by atoms with Gasteiger partial charge in [-0.3, -0.25) is 4.98 Å². The van der Waals surface area contributed by atoms with Gasteiger partial charge in [0.2, 0.25) is 0 Å². The number of carbonyl (C=O) groups is 1. The summed E-state index contributed by atoms with van der Waals surface area (Å²) in [7, 11) is 1.32. The molecule has 1 heterocycles. The van der Waals surface area contributed by atoms with Crippen molar-refractivity contribution < 1.29 is 13.9 Å². The van der Waals surface area contributed by atoms with Crippen molar-refractivity contribution in [1.29, 1.82) is 0 Å². The predicted molar refractivity (Wildman–Crippen MR) is 70.3 cm³/mol. The normalized spacial score (nSPS) is 11.5. The van der Waals surface area contributed by atoms with E-state index in [4.69, 9.17) is 4.42 Å². The molecule has 0 atom stereocenters. The highest BCUT2D eigenvalue weighted by Gasteiger charge is 2.22. The van der Waals surface area contributed by atoms with Gasteiger partial charge in [-0.15, -0.1) is 0 Å². The van der Waals surface area contributed by atoms with E-state index < -0.39 is 11.8 Å². The molecule has 0 saturated carbocycles. The third-order valence-corrected chi connectivity index (χ3v) is 3.06. The zero-order valence-corrected chi connectivity index (χ0v) is 11.1. The van der Waals surface area contributed by atoms with Crippen LogP contribution < -0.4 is 11.1 Å². The molecule has 0 fully saturated rings. The molecule has 2 aromatic rings. The van der Waals surface area contributed by atoms with E-state index in [0.717, 1.165) is 5.56 Å². The molecular formula is C13H16N2O4. The third-order valence-electron chi connectivity index (χ3n) is 3.06. The number of benzene rings is 1. The van der Waals surface area contributed by atoms with E-state index in [1.165, 1.54) is 7.11 Å². The Hall–Kier alpha value is -2.24. The number of carbonyl (C=O) groups excluding carboxylic acids is 1. The first-order chi connectivity index (χ1) is 8.92. The zero-order chi connectivity index (χ0) is 14.0. The number of ether oxygens (including phenoxy) is 1. The molecule has 0 aliphatic rings. The third kappa shape index (κ3) is 2.78. The molecule has 0 radical (unpaired) electrons. The summed E-state index contributed by atoms with van der Waals surface area (Å²) in [5.41, 5.74) is 1.82. The molecule has 0 aliphatic carbocycles. The standard InChI is InChI=1S/C13H16N2O4/c1-13(2,7-14-11(16)18-3)8-4-5-9-10(6-8)19-12(17)15-9/h4-6H,7H2,1-3H3,(H,14,16)(H,15,17). The number of rotatable bonds is 3. The number of methoxy groups -OCH3 is 1. The Labute approximate surface area is 109 Å². The Balaban J connectivity index is 2.26. The fourth-order valence-electron chi connectivity index (χ4n) is 1.83. The largest absolute Gasteiger partial charge is 0.453 e. The highest BCUT2D eigenvalue weighted by Crippen LogP contribution is 2.25. The number of amides is 1. The number of hydrogen-bond acceptors (Lipinski definition) is 4. The van der Waals surface area contributed by atoms with Gasteiger partial charge in [-0.05, 0) is 17.7 Å². The summed E-state index contributed by atoms with van der Waals surface area (Å²) in [4.78, 5) is 24.8. The number of alkyl carbamates (subject to hydrolysis) is 1. The number of aromatic amines is 1. The fourth-order valence-corrected chi connectivity index (χ4v) is 1.83. The molecule has 6 nitrogen and oxygen atoms in total. The van der Waals surface area contributed by atoms with Crippen LogP contribution in [0.3, 0.4) is 0 Å². The highest BCUT2D eigenvalue weighted by molar-refractivity contribution is 5.73. The average Bonchev–Trinajstić information content (AvgIpc) is 2.74. The first kappa shape index (κ1) is 13.2. The van der Waals surface area contributed by atoms with Gasteiger partial charge in [-0.2, -0.15) is 0 Å². The van der Waals surface area contributed by atoms with E-state index in [9.17, 15) is 9.59 Å². The van der Waals surface area contributed by atoms with Crippen LogP contribution in [0.15, 0.2) is 27.4 Å². The van der Waals surface area contributed by atoms with Gasteiger partial charge in [0.05, 0.1) is 12.6 Å². The average molecular weight is 264 g/mol. The second-order valence-electron chi connectivity index (χ2n) is 4.95. The van der Waals surface area contributed by atoms with Crippen molar-refractivity contribution in [2.75, 3.05) is 13.7 Å². The Morgan fingerprint density at radius 2 is 2.21 bits per heavy atom. The van der Waals surface area contributed by atoms with E-state index in [1.54, 1.807) is 12.1 Å². The number of fused-ring (bicyclic) bond motifs is 1. The highest BCUT2D eigenvalue weighted by atomic mass is 16.5. The molecule has 0 bridgehead atoms. The van der Waals surface area contributed by atoms with Crippen molar-refractivity contribution in [3.63, 3.8) is 0 Å². The van der Waals surface area contributed by atoms with Crippen LogP contribution in [0.1, 0.15) is 19.4 Å². The summed E-state index contributed by atoms with van der Waals surface area (Å²) in [5.74, 6) is -0.474. The van der Waals surface area contributed by atoms with Gasteiger partial charge >= 0.3 is 11.8 Å². The molecule has 1 aromatic heterocycles. The van der Waals surface area contributed by atoms with Crippen LogP contribution in [-0.2, 0) is 10.2 Å². The number of hydrogen-bond donors (Lipinski definition) is 2. The molecule has 2 N–H and O–H groups in total. The number of oxazole rings is 1. The van der Waals surface area contributed by atoms with Crippen molar-refractivity contribution >= 4 is 17.2 Å². The Morgan fingerprint density at radius 1 is 1.47 bits per heavy atom. The summed E-state index contributed by atoms with van der Waals surface area (Å²) in [5, 5.41) is 2.66. The smallest absolute Gasteiger partial charge is 0.417 e. The summed E-state index contributed by atoms with van der Waals surface area (Å²) < 4.78 is 9.57. The molecule has 0 unspecified atom stereocenters. The molecule has 0 spiro atoms. The molecule has 2 rings (SSSR count). The predicted octanol–water partition coefficient (Wildman–Crippen LogP) is 1.75. The molecule has 0 saturated heterocycles. The molecule has 102 valence electrons. The first-order valence-electron chi connectivity index (χ1n) is 5.87. The van der Waals surface area contributed by atoms with Crippen molar-refractivity contribution in [1.82, 2.24) is 10.3 Å². The number of H-pyrrole nitrogens is 1. The molecular weight excluding hydrogens is 248 g/mol. The van der Waals surface area contributed by atoms with Crippen LogP contribution >= 0.6 is 0 Å². The monoisotopic (exact) mass is 264 g/mol. The van der Waals surface area contributed by atoms with Crippen molar-refractivity contribution in [2.24, 2.45) is 0 Å². The van der Waals surface area contributed by atoms with Gasteiger partial charge < -0.3 is 14.5 Å². The van der Waals surface area contributed by atoms with Crippen molar-refractivity contribution in [3.05, 3.63) is 34.3 Å². The molecule has 6 heteroatoms. The summed E-state index contributed by atoms with van der Waals surface area (Å²) >= 11 is 0. The van der Waals surface area contributed by atoms with Gasteiger partial charge in [0, 0.05) is 12.0 Å². The van der Waals surface area contributed by atoms with Crippen LogP contribution in [0.5, 0.6) is 0 Å². The number of nitrogens with one attached hydrogen (secondary N) is 2. The first-order valence-corrected chi connectivity index (χ1v) is 5.87. The van der Waals surface area contributed by atoms with E-state index in [1.807, 2.05) is 19.9 Å². The molecule has 1 amide bonds. The molecule has 1 aromatic carbocycles. The van der Waals surface area contributed by atoms with Gasteiger partial charge in [0.1, 0.15) is 0 Å². The number of aromatic nitrogens is 1. The molecule has 0 aliphatic heterocycles. The maximum Gasteiger partial charge on any atom is 0.417 e. The van der Waals surface area contributed by atoms with Crippen LogP contribution in [-0.4, -0.2) is 24.7 Å². The van der Waals surface area contributed by atoms with Crippen molar-refractivity contribution in [3.8, 4) is 0 Å². The summed E-state index contributed by atoms with van der Waals surface area (Å²) in [6, 6.07) is 5.48. The summed E-state index contributed by atoms with van der Waals surface area (Å²) in [6.45, 7) is 4.38. The lowest BCUT2D eigenvalue weighted by Crippen LogP contribution is -2.36. The lowest BCUT2D eigenvalue weighted by Gasteiger charge is -2.25. The van der Waals surface area contributed by atoms with Gasteiger partial charge in [-0.1, -0.05) is 19.9 Å². The zero-order valence-electron chi connectivity index (χ0n) is 11.1. The lowest BCUT2D eigenvalue weighted by molar-refractivity contribution is 0.168. The van der Waals surface area contributed by atoms with Gasteiger partial charge in [0.15, 0.2) is 5.58 Å². The Morgan fingerprint density at radius 3 is 2.89 bits per heavy atom. The minimum atomic E-state index is -0.474. The van der Waals surface area contributed by atoms with E-state index >= 15 is 0 Å². The topological polar surface area (TPSA) is 84.3 Å². The lowest BCUT2D eigenvalue weighted by atomic mass is 9.84. The van der Waals surface area contributed by atoms with Crippen LogP contribution in [0, 0.1) is 0 Å². The SMILES string of the molecule is COC(=O)NCC(C)(C)c1ccc2[nH]c(=O)oc2c1. The van der Waals surface area contributed by atoms with Crippen LogP contribution in [0.4, 0.5) is 4.79 Å². The minimum Gasteiger partial charge on any atom is -0.453 e. The van der Waals surface area contributed by atoms with E-state index in [-0.39, 0.29) is 5.41 Å². The Kier molecular flexibility index (Phi) is 3.33.